The van der Waals surface area contributed by atoms with Crippen molar-refractivity contribution in [3.63, 3.8) is 0 Å². The third kappa shape index (κ3) is 11.6. The third-order valence-electron chi connectivity index (χ3n) is 1.58. The van der Waals surface area contributed by atoms with Crippen molar-refractivity contribution in [2.45, 2.75) is 13.3 Å². The molecule has 0 rings (SSSR count). The lowest BCUT2D eigenvalue weighted by molar-refractivity contribution is 0.0721. The molecule has 13 heavy (non-hydrogen) atoms. The summed E-state index contributed by atoms with van der Waals surface area (Å²) in [6.07, 6.45) is 1.04. The van der Waals surface area contributed by atoms with Gasteiger partial charge >= 0.3 is 0 Å². The summed E-state index contributed by atoms with van der Waals surface area (Å²) in [5.74, 6) is 0. The molecule has 0 aliphatic carbocycles. The van der Waals surface area contributed by atoms with E-state index in [1.165, 1.54) is 5.57 Å². The van der Waals surface area contributed by atoms with E-state index in [4.69, 9.17) is 9.47 Å². The van der Waals surface area contributed by atoms with E-state index in [0.717, 1.165) is 26.1 Å². The highest BCUT2D eigenvalue weighted by molar-refractivity contribution is 4.87. The highest BCUT2D eigenvalue weighted by Crippen LogP contribution is 1.91. The minimum absolute atomic E-state index is 0.672. The van der Waals surface area contributed by atoms with E-state index in [1.54, 1.807) is 7.11 Å². The van der Waals surface area contributed by atoms with Gasteiger partial charge in [0, 0.05) is 13.7 Å². The molecule has 1 N–H and O–H groups in total. The van der Waals surface area contributed by atoms with Gasteiger partial charge in [-0.3, -0.25) is 0 Å². The van der Waals surface area contributed by atoms with E-state index in [0.29, 0.717) is 13.2 Å². The Morgan fingerprint density at radius 2 is 2.00 bits per heavy atom. The quantitative estimate of drug-likeness (QED) is 0.434. The number of hydrogen-bond donors (Lipinski definition) is 1. The van der Waals surface area contributed by atoms with Gasteiger partial charge in [-0.15, -0.1) is 6.58 Å². The van der Waals surface area contributed by atoms with Gasteiger partial charge in [0.15, 0.2) is 0 Å². The Hall–Kier alpha value is -0.380. The Morgan fingerprint density at radius 1 is 1.23 bits per heavy atom. The highest BCUT2D eigenvalue weighted by atomic mass is 16.5. The number of hydrogen-bond acceptors (Lipinski definition) is 3. The lowest BCUT2D eigenvalue weighted by atomic mass is 10.2. The molecule has 0 atom stereocenters. The van der Waals surface area contributed by atoms with E-state index in [9.17, 15) is 0 Å². The van der Waals surface area contributed by atoms with Crippen molar-refractivity contribution in [3.05, 3.63) is 12.2 Å². The molecule has 78 valence electrons. The molecule has 0 fully saturated rings. The Balaban J connectivity index is 2.87. The first-order valence-corrected chi connectivity index (χ1v) is 4.69. The normalized spacial score (nSPS) is 10.3. The number of methoxy groups -OCH3 is 1. The van der Waals surface area contributed by atoms with Crippen molar-refractivity contribution < 1.29 is 9.47 Å². The van der Waals surface area contributed by atoms with Crippen LogP contribution in [0.1, 0.15) is 13.3 Å². The van der Waals surface area contributed by atoms with Crippen molar-refractivity contribution in [2.24, 2.45) is 0 Å². The molecule has 0 aliphatic rings. The predicted molar refractivity (Wildman–Crippen MR) is 55.0 cm³/mol. The highest BCUT2D eigenvalue weighted by Gasteiger charge is 1.89. The van der Waals surface area contributed by atoms with Crippen LogP contribution in [0.2, 0.25) is 0 Å². The lowest BCUT2D eigenvalue weighted by Gasteiger charge is -2.05. The Kier molecular flexibility index (Phi) is 9.42. The average Bonchev–Trinajstić information content (AvgIpc) is 2.09. The Labute approximate surface area is 81.1 Å². The van der Waals surface area contributed by atoms with Crippen molar-refractivity contribution in [3.8, 4) is 0 Å². The molecular formula is C10H21NO2. The van der Waals surface area contributed by atoms with E-state index in [-0.39, 0.29) is 0 Å². The molecule has 0 unspecified atom stereocenters. The standard InChI is InChI=1S/C10H21NO2/c1-10(2)4-5-11-6-7-13-9-8-12-3/h11H,1,4-9H2,2-3H3. The smallest absolute Gasteiger partial charge is 0.0700 e. The van der Waals surface area contributed by atoms with Crippen LogP contribution in [0.4, 0.5) is 0 Å². The van der Waals surface area contributed by atoms with Gasteiger partial charge in [0.25, 0.3) is 0 Å². The molecule has 3 nitrogen and oxygen atoms in total. The molecule has 0 aromatic rings. The summed E-state index contributed by atoms with van der Waals surface area (Å²) in [5.41, 5.74) is 1.22. The minimum Gasteiger partial charge on any atom is -0.382 e. The SMILES string of the molecule is C=C(C)CCNCCOCCOC. The monoisotopic (exact) mass is 187 g/mol. The predicted octanol–water partition coefficient (Wildman–Crippen LogP) is 1.21. The second-order valence-electron chi connectivity index (χ2n) is 3.06. The molecule has 0 amide bonds. The number of ether oxygens (including phenoxy) is 2. The molecule has 0 radical (unpaired) electrons. The fraction of sp³-hybridized carbons (Fsp3) is 0.800. The molecule has 0 aliphatic heterocycles. The average molecular weight is 187 g/mol. The topological polar surface area (TPSA) is 30.5 Å². The number of nitrogens with one attached hydrogen (secondary N) is 1. The zero-order valence-corrected chi connectivity index (χ0v) is 8.77. The maximum atomic E-state index is 5.27. The van der Waals surface area contributed by atoms with Gasteiger partial charge in [0.1, 0.15) is 0 Å². The van der Waals surface area contributed by atoms with Gasteiger partial charge in [-0.25, -0.2) is 0 Å². The molecule has 0 aromatic heterocycles. The van der Waals surface area contributed by atoms with Gasteiger partial charge in [-0.05, 0) is 19.9 Å². The number of rotatable bonds is 9. The third-order valence-corrected chi connectivity index (χ3v) is 1.58. The molecular weight excluding hydrogens is 166 g/mol. The molecule has 0 saturated heterocycles. The van der Waals surface area contributed by atoms with E-state index >= 15 is 0 Å². The molecule has 0 aromatic carbocycles. The summed E-state index contributed by atoms with van der Waals surface area (Å²) < 4.78 is 10.1. The van der Waals surface area contributed by atoms with E-state index in [1.807, 2.05) is 6.92 Å². The van der Waals surface area contributed by atoms with Crippen molar-refractivity contribution in [1.82, 2.24) is 5.32 Å². The van der Waals surface area contributed by atoms with Gasteiger partial charge in [0.2, 0.25) is 0 Å². The van der Waals surface area contributed by atoms with E-state index in [2.05, 4.69) is 11.9 Å². The van der Waals surface area contributed by atoms with Gasteiger partial charge < -0.3 is 14.8 Å². The maximum absolute atomic E-state index is 5.27. The van der Waals surface area contributed by atoms with Crippen LogP contribution in [0.3, 0.4) is 0 Å². The van der Waals surface area contributed by atoms with Crippen LogP contribution in [-0.4, -0.2) is 40.0 Å². The first-order chi connectivity index (χ1) is 6.27. The molecule has 0 spiro atoms. The fourth-order valence-corrected chi connectivity index (χ4v) is 0.815. The molecule has 0 heterocycles. The minimum atomic E-state index is 0.672. The first kappa shape index (κ1) is 12.6. The lowest BCUT2D eigenvalue weighted by Crippen LogP contribution is -2.21. The summed E-state index contributed by atoms with van der Waals surface area (Å²) >= 11 is 0. The summed E-state index contributed by atoms with van der Waals surface area (Å²) in [4.78, 5) is 0. The largest absolute Gasteiger partial charge is 0.382 e. The van der Waals surface area contributed by atoms with Gasteiger partial charge in [-0.1, -0.05) is 5.57 Å². The summed E-state index contributed by atoms with van der Waals surface area (Å²) in [7, 11) is 1.68. The zero-order chi connectivity index (χ0) is 9.94. The van der Waals surface area contributed by atoms with Crippen LogP contribution < -0.4 is 5.32 Å². The maximum Gasteiger partial charge on any atom is 0.0700 e. The van der Waals surface area contributed by atoms with Crippen LogP contribution in [0.25, 0.3) is 0 Å². The van der Waals surface area contributed by atoms with Gasteiger partial charge in [0.05, 0.1) is 19.8 Å². The summed E-state index contributed by atoms with van der Waals surface area (Å²) in [6.45, 7) is 9.85. The van der Waals surface area contributed by atoms with Gasteiger partial charge in [-0.2, -0.15) is 0 Å². The van der Waals surface area contributed by atoms with Crippen LogP contribution in [-0.2, 0) is 9.47 Å². The summed E-state index contributed by atoms with van der Waals surface area (Å²) in [5, 5.41) is 3.27. The van der Waals surface area contributed by atoms with Crippen LogP contribution in [0.5, 0.6) is 0 Å². The first-order valence-electron chi connectivity index (χ1n) is 4.69. The van der Waals surface area contributed by atoms with Crippen molar-refractivity contribution in [2.75, 3.05) is 40.0 Å². The zero-order valence-electron chi connectivity index (χ0n) is 8.77. The van der Waals surface area contributed by atoms with Crippen LogP contribution in [0.15, 0.2) is 12.2 Å². The van der Waals surface area contributed by atoms with E-state index < -0.39 is 0 Å². The second kappa shape index (κ2) is 9.71. The summed E-state index contributed by atoms with van der Waals surface area (Å²) in [6, 6.07) is 0. The van der Waals surface area contributed by atoms with Crippen LogP contribution >= 0.6 is 0 Å². The van der Waals surface area contributed by atoms with Crippen molar-refractivity contribution in [1.29, 1.82) is 0 Å². The fourth-order valence-electron chi connectivity index (χ4n) is 0.815. The second-order valence-corrected chi connectivity index (χ2v) is 3.06. The Morgan fingerprint density at radius 3 is 2.62 bits per heavy atom. The van der Waals surface area contributed by atoms with Crippen molar-refractivity contribution >= 4 is 0 Å². The molecule has 0 bridgehead atoms. The van der Waals surface area contributed by atoms with Crippen LogP contribution in [0, 0.1) is 0 Å². The molecule has 0 saturated carbocycles. The Bertz CT molecular complexity index is 126. The molecule has 3 heteroatoms.